The molecule has 0 bridgehead atoms. The molecule has 0 spiro atoms. The summed E-state index contributed by atoms with van der Waals surface area (Å²) in [5.74, 6) is -8.27. The van der Waals surface area contributed by atoms with Crippen molar-refractivity contribution in [2.24, 2.45) is 0 Å². The van der Waals surface area contributed by atoms with Gasteiger partial charge in [-0.3, -0.25) is 19.8 Å². The molecule has 2 aliphatic heterocycles. The van der Waals surface area contributed by atoms with Crippen molar-refractivity contribution < 1.29 is 74.0 Å². The van der Waals surface area contributed by atoms with Gasteiger partial charge in [-0.2, -0.15) is 39.5 Å². The minimum atomic E-state index is -5.08. The molecule has 20 heteroatoms. The van der Waals surface area contributed by atoms with Crippen LogP contribution >= 0.6 is 0 Å². The number of pyridine rings is 2. The third kappa shape index (κ3) is 15.8. The van der Waals surface area contributed by atoms with Crippen LogP contribution in [-0.2, 0) is 32.3 Å². The van der Waals surface area contributed by atoms with Gasteiger partial charge in [0.15, 0.2) is 0 Å². The Morgan fingerprint density at radius 1 is 0.848 bits per heavy atom. The minimum absolute atomic E-state index is 0.335. The maximum atomic E-state index is 10.6. The lowest BCUT2D eigenvalue weighted by Gasteiger charge is -2.37. The van der Waals surface area contributed by atoms with E-state index in [-0.39, 0.29) is 0 Å². The number of rotatable bonds is 5. The highest BCUT2D eigenvalue weighted by molar-refractivity contribution is 5.73. The molecule has 2 saturated heterocycles. The minimum Gasteiger partial charge on any atom is -0.475 e. The summed E-state index contributed by atoms with van der Waals surface area (Å²) in [5, 5.41) is 21.4. The second kappa shape index (κ2) is 17.6. The summed E-state index contributed by atoms with van der Waals surface area (Å²) in [6.45, 7) is 8.08. The van der Waals surface area contributed by atoms with Crippen LogP contribution in [-0.4, -0.2) is 110 Å². The fourth-order valence-electron chi connectivity index (χ4n) is 3.94. The number of aliphatic carboxylic acids is 3. The third-order valence-electron chi connectivity index (χ3n) is 5.93. The van der Waals surface area contributed by atoms with Gasteiger partial charge < -0.3 is 20.1 Å². The standard InChI is InChI=1S/C20H26N4O.3C2HF3O2/c1-16-4-2-6-18(22-16)12-23-8-9-24-14-20(10-19(24)13-23)25-15-17-5-3-7-21-11-17;3*3-2(4,5)1(6)7/h2-7,11,19-20H,8-10,12-15H2,1H3;3*(H,6,7)/t19-,20+;;;/m0.../s1. The highest BCUT2D eigenvalue weighted by Gasteiger charge is 2.40. The number of carboxylic acid groups (broad SMARTS) is 3. The lowest BCUT2D eigenvalue weighted by Crippen LogP contribution is -2.49. The molecule has 2 fully saturated rings. The number of carbonyl (C=O) groups is 3. The van der Waals surface area contributed by atoms with E-state index in [1.54, 1.807) is 6.20 Å². The zero-order valence-corrected chi connectivity index (χ0v) is 23.8. The predicted molar refractivity (Wildman–Crippen MR) is 138 cm³/mol. The monoisotopic (exact) mass is 680 g/mol. The SMILES string of the molecule is Cc1cccc(CN2CCN3C[C@H](OCc4cccnc4)C[C@H]3C2)n1.O=C(O)C(F)(F)F.O=C(O)C(F)(F)F.O=C(O)C(F)(F)F. The van der Waals surface area contributed by atoms with Gasteiger partial charge >= 0.3 is 36.4 Å². The number of aromatic nitrogens is 2. The highest BCUT2D eigenvalue weighted by Crippen LogP contribution is 2.25. The normalized spacial score (nSPS) is 18.4. The van der Waals surface area contributed by atoms with E-state index in [1.165, 1.54) is 5.69 Å². The average Bonchev–Trinajstić information content (AvgIpc) is 3.34. The van der Waals surface area contributed by atoms with Crippen molar-refractivity contribution in [2.75, 3.05) is 26.2 Å². The quantitative estimate of drug-likeness (QED) is 0.391. The van der Waals surface area contributed by atoms with Crippen LogP contribution in [0.1, 0.15) is 23.4 Å². The molecule has 258 valence electrons. The van der Waals surface area contributed by atoms with Crippen molar-refractivity contribution in [1.29, 1.82) is 0 Å². The smallest absolute Gasteiger partial charge is 0.475 e. The van der Waals surface area contributed by atoms with Gasteiger partial charge in [0.05, 0.1) is 18.4 Å². The molecule has 46 heavy (non-hydrogen) atoms. The molecule has 0 unspecified atom stereocenters. The van der Waals surface area contributed by atoms with Crippen LogP contribution in [0.5, 0.6) is 0 Å². The summed E-state index contributed by atoms with van der Waals surface area (Å²) >= 11 is 0. The first-order chi connectivity index (χ1) is 21.1. The summed E-state index contributed by atoms with van der Waals surface area (Å²) in [4.78, 5) is 40.6. The number of halogens is 9. The fourth-order valence-corrected chi connectivity index (χ4v) is 3.94. The van der Waals surface area contributed by atoms with Crippen LogP contribution < -0.4 is 0 Å². The lowest BCUT2D eigenvalue weighted by molar-refractivity contribution is -0.193. The molecule has 3 N–H and O–H groups in total. The van der Waals surface area contributed by atoms with Crippen molar-refractivity contribution in [2.45, 2.75) is 57.2 Å². The zero-order valence-electron chi connectivity index (χ0n) is 23.8. The second-order valence-electron chi connectivity index (χ2n) is 9.59. The Labute approximate surface area is 255 Å². The zero-order chi connectivity index (χ0) is 35.3. The molecule has 2 aromatic heterocycles. The van der Waals surface area contributed by atoms with Gasteiger partial charge in [-0.25, -0.2) is 14.4 Å². The van der Waals surface area contributed by atoms with Crippen LogP contribution in [0.25, 0.3) is 0 Å². The number of alkyl halides is 9. The molecule has 4 heterocycles. The van der Waals surface area contributed by atoms with E-state index in [0.29, 0.717) is 18.8 Å². The number of hydrogen-bond acceptors (Lipinski definition) is 8. The Kier molecular flexibility index (Phi) is 15.3. The van der Waals surface area contributed by atoms with E-state index in [4.69, 9.17) is 34.4 Å². The third-order valence-corrected chi connectivity index (χ3v) is 5.93. The Morgan fingerprint density at radius 3 is 1.85 bits per heavy atom. The molecule has 2 aliphatic rings. The van der Waals surface area contributed by atoms with Crippen molar-refractivity contribution in [3.63, 3.8) is 0 Å². The number of carboxylic acids is 3. The second-order valence-corrected chi connectivity index (χ2v) is 9.59. The summed E-state index contributed by atoms with van der Waals surface area (Å²) < 4.78 is 101. The van der Waals surface area contributed by atoms with E-state index in [0.717, 1.165) is 50.4 Å². The number of ether oxygens (including phenoxy) is 1. The average molecular weight is 681 g/mol. The van der Waals surface area contributed by atoms with Gasteiger partial charge in [0, 0.05) is 56.9 Å². The van der Waals surface area contributed by atoms with Crippen molar-refractivity contribution in [1.82, 2.24) is 19.8 Å². The Bertz CT molecular complexity index is 1210. The number of aryl methyl sites for hydroxylation is 1. The molecule has 0 aromatic carbocycles. The molecule has 0 aliphatic carbocycles. The van der Waals surface area contributed by atoms with E-state index >= 15 is 0 Å². The molecule has 0 radical (unpaired) electrons. The van der Waals surface area contributed by atoms with E-state index in [2.05, 4.69) is 51.0 Å². The van der Waals surface area contributed by atoms with Gasteiger partial charge in [0.2, 0.25) is 0 Å². The first kappa shape index (κ1) is 40.0. The van der Waals surface area contributed by atoms with Gasteiger partial charge in [-0.05, 0) is 37.1 Å². The van der Waals surface area contributed by atoms with Gasteiger partial charge in [0.1, 0.15) is 0 Å². The number of fused-ring (bicyclic) bond motifs is 1. The Morgan fingerprint density at radius 2 is 1.39 bits per heavy atom. The van der Waals surface area contributed by atoms with E-state index in [1.807, 2.05) is 12.3 Å². The van der Waals surface area contributed by atoms with Crippen LogP contribution in [0.3, 0.4) is 0 Å². The van der Waals surface area contributed by atoms with Gasteiger partial charge in [-0.1, -0.05) is 12.1 Å². The number of hydrogen-bond donors (Lipinski definition) is 3. The van der Waals surface area contributed by atoms with Crippen LogP contribution in [0.4, 0.5) is 39.5 Å². The molecule has 2 aromatic rings. The lowest BCUT2D eigenvalue weighted by atomic mass is 10.1. The van der Waals surface area contributed by atoms with E-state index < -0.39 is 36.4 Å². The maximum absolute atomic E-state index is 10.6. The highest BCUT2D eigenvalue weighted by atomic mass is 19.4. The van der Waals surface area contributed by atoms with Crippen LogP contribution in [0, 0.1) is 6.92 Å². The largest absolute Gasteiger partial charge is 0.490 e. The van der Waals surface area contributed by atoms with E-state index in [9.17, 15) is 39.5 Å². The van der Waals surface area contributed by atoms with Gasteiger partial charge in [0.25, 0.3) is 0 Å². The summed E-state index contributed by atoms with van der Waals surface area (Å²) in [6, 6.07) is 10.9. The van der Waals surface area contributed by atoms with Crippen molar-refractivity contribution in [3.8, 4) is 0 Å². The molecule has 0 amide bonds. The Hall–Kier alpha value is -4.04. The molecule has 4 rings (SSSR count). The number of nitrogens with zero attached hydrogens (tertiary/aromatic N) is 4. The summed E-state index contributed by atoms with van der Waals surface area (Å²) in [7, 11) is 0. The molecular formula is C26H29F9N4O7. The molecular weight excluding hydrogens is 651 g/mol. The molecule has 2 atom stereocenters. The number of piperazine rings is 1. The fraction of sp³-hybridized carbons (Fsp3) is 0.500. The molecule has 0 saturated carbocycles. The topological polar surface area (TPSA) is 153 Å². The summed E-state index contributed by atoms with van der Waals surface area (Å²) in [5.41, 5.74) is 3.43. The first-order valence-corrected chi connectivity index (χ1v) is 12.9. The van der Waals surface area contributed by atoms with Crippen LogP contribution in [0.2, 0.25) is 0 Å². The van der Waals surface area contributed by atoms with Crippen LogP contribution in [0.15, 0.2) is 42.7 Å². The predicted octanol–water partition coefficient (Wildman–Crippen LogP) is 4.16. The first-order valence-electron chi connectivity index (χ1n) is 12.9. The van der Waals surface area contributed by atoms with Gasteiger partial charge in [-0.15, -0.1) is 0 Å². The van der Waals surface area contributed by atoms with Crippen molar-refractivity contribution in [3.05, 3.63) is 59.7 Å². The maximum Gasteiger partial charge on any atom is 0.490 e. The van der Waals surface area contributed by atoms with Crippen molar-refractivity contribution >= 4 is 17.9 Å². The summed E-state index contributed by atoms with van der Waals surface area (Å²) in [6.07, 6.45) is -10.1. The Balaban J connectivity index is 0.000000413. The molecule has 11 nitrogen and oxygen atoms in total.